The number of aromatic nitrogens is 1. The molecule has 1 heterocycles. The van der Waals surface area contributed by atoms with Crippen molar-refractivity contribution in [1.29, 1.82) is 0 Å². The van der Waals surface area contributed by atoms with Gasteiger partial charge in [-0.15, -0.1) is 11.3 Å². The van der Waals surface area contributed by atoms with Crippen LogP contribution in [-0.4, -0.2) is 10.1 Å². The number of nitrogens with two attached hydrogens (primary N) is 1. The van der Waals surface area contributed by atoms with E-state index in [9.17, 15) is 0 Å². The quantitative estimate of drug-likeness (QED) is 0.664. The zero-order valence-corrected chi connectivity index (χ0v) is 6.56. The Morgan fingerprint density at radius 2 is 2.60 bits per heavy atom. The molecule has 3 N–H and O–H groups in total. The van der Waals surface area contributed by atoms with E-state index in [4.69, 9.17) is 10.8 Å². The van der Waals surface area contributed by atoms with E-state index < -0.39 is 0 Å². The van der Waals surface area contributed by atoms with Gasteiger partial charge in [0.15, 0.2) is 0 Å². The highest BCUT2D eigenvalue weighted by Gasteiger charge is 2.03. The molecule has 0 aliphatic rings. The number of aliphatic hydroxyl groups is 1. The monoisotopic (exact) mass is 158 g/mol. The molecule has 0 bridgehead atoms. The van der Waals surface area contributed by atoms with Crippen LogP contribution in [0.3, 0.4) is 0 Å². The summed E-state index contributed by atoms with van der Waals surface area (Å²) in [7, 11) is 0. The maximum Gasteiger partial charge on any atom is 0.118 e. The van der Waals surface area contributed by atoms with Crippen LogP contribution in [0.25, 0.3) is 0 Å². The SMILES string of the molecule is CC(N)c1cnc(CO)s1. The minimum absolute atomic E-state index is 0.0113. The molecule has 0 aliphatic heterocycles. The zero-order valence-electron chi connectivity index (χ0n) is 5.74. The van der Waals surface area contributed by atoms with Gasteiger partial charge in [0.05, 0.1) is 6.61 Å². The number of nitrogens with zero attached hydrogens (tertiary/aromatic N) is 1. The summed E-state index contributed by atoms with van der Waals surface area (Å²) in [4.78, 5) is 4.96. The average Bonchev–Trinajstić information content (AvgIpc) is 2.34. The van der Waals surface area contributed by atoms with Crippen molar-refractivity contribution in [3.63, 3.8) is 0 Å². The highest BCUT2D eigenvalue weighted by atomic mass is 32.1. The Labute approximate surface area is 63.5 Å². The van der Waals surface area contributed by atoms with Crippen LogP contribution in [0.4, 0.5) is 0 Å². The molecule has 1 aromatic rings. The molecule has 0 spiro atoms. The van der Waals surface area contributed by atoms with Crippen LogP contribution >= 0.6 is 11.3 Å². The lowest BCUT2D eigenvalue weighted by Gasteiger charge is -1.95. The van der Waals surface area contributed by atoms with Gasteiger partial charge in [-0.25, -0.2) is 4.98 Å². The molecule has 0 saturated heterocycles. The molecule has 1 aromatic heterocycles. The Hall–Kier alpha value is -0.450. The smallest absolute Gasteiger partial charge is 0.118 e. The second-order valence-electron chi connectivity index (χ2n) is 2.10. The third-order valence-corrected chi connectivity index (χ3v) is 2.34. The first-order chi connectivity index (χ1) is 4.74. The van der Waals surface area contributed by atoms with E-state index in [2.05, 4.69) is 4.98 Å². The van der Waals surface area contributed by atoms with E-state index in [-0.39, 0.29) is 12.6 Å². The third-order valence-electron chi connectivity index (χ3n) is 1.16. The summed E-state index contributed by atoms with van der Waals surface area (Å²) in [6.07, 6.45) is 1.71. The van der Waals surface area contributed by atoms with Gasteiger partial charge in [0, 0.05) is 17.1 Å². The van der Waals surface area contributed by atoms with Crippen molar-refractivity contribution in [2.24, 2.45) is 5.73 Å². The molecule has 56 valence electrons. The summed E-state index contributed by atoms with van der Waals surface area (Å²) in [5.74, 6) is 0. The van der Waals surface area contributed by atoms with Crippen molar-refractivity contribution in [1.82, 2.24) is 4.98 Å². The molecule has 1 atom stereocenters. The first-order valence-electron chi connectivity index (χ1n) is 3.05. The molecule has 4 heteroatoms. The molecule has 0 radical (unpaired) electrons. The van der Waals surface area contributed by atoms with Crippen molar-refractivity contribution >= 4 is 11.3 Å². The normalized spacial score (nSPS) is 13.5. The van der Waals surface area contributed by atoms with Crippen LogP contribution in [0.15, 0.2) is 6.20 Å². The zero-order chi connectivity index (χ0) is 7.56. The van der Waals surface area contributed by atoms with E-state index >= 15 is 0 Å². The Bertz CT molecular complexity index is 209. The topological polar surface area (TPSA) is 59.1 Å². The lowest BCUT2D eigenvalue weighted by atomic mass is 10.3. The van der Waals surface area contributed by atoms with E-state index in [1.54, 1.807) is 6.20 Å². The molecule has 0 aromatic carbocycles. The number of thiazole rings is 1. The first kappa shape index (κ1) is 7.65. The van der Waals surface area contributed by atoms with Crippen molar-refractivity contribution in [2.75, 3.05) is 0 Å². The summed E-state index contributed by atoms with van der Waals surface area (Å²) in [5.41, 5.74) is 5.57. The summed E-state index contributed by atoms with van der Waals surface area (Å²) < 4.78 is 0. The van der Waals surface area contributed by atoms with Gasteiger partial charge in [0.2, 0.25) is 0 Å². The van der Waals surface area contributed by atoms with Crippen LogP contribution < -0.4 is 5.73 Å². The molecule has 0 fully saturated rings. The van der Waals surface area contributed by atoms with Gasteiger partial charge in [-0.1, -0.05) is 0 Å². The van der Waals surface area contributed by atoms with Crippen LogP contribution in [0, 0.1) is 0 Å². The standard InChI is InChI=1S/C6H10N2OS/c1-4(7)5-2-8-6(3-9)10-5/h2,4,9H,3,7H2,1H3. The van der Waals surface area contributed by atoms with Crippen molar-refractivity contribution in [3.05, 3.63) is 16.1 Å². The van der Waals surface area contributed by atoms with E-state index in [1.807, 2.05) is 6.92 Å². The van der Waals surface area contributed by atoms with Gasteiger partial charge in [-0.3, -0.25) is 0 Å². The number of hydrogen-bond donors (Lipinski definition) is 2. The van der Waals surface area contributed by atoms with E-state index in [0.29, 0.717) is 0 Å². The summed E-state index contributed by atoms with van der Waals surface area (Å²) in [5, 5.41) is 9.37. The van der Waals surface area contributed by atoms with E-state index in [1.165, 1.54) is 11.3 Å². The Kier molecular flexibility index (Phi) is 2.37. The molecule has 0 saturated carbocycles. The molecular weight excluding hydrogens is 148 g/mol. The summed E-state index contributed by atoms with van der Waals surface area (Å²) in [6, 6.07) is 0.0257. The Balaban J connectivity index is 2.78. The predicted molar refractivity (Wildman–Crippen MR) is 40.6 cm³/mol. The minimum atomic E-state index is 0.0113. The predicted octanol–water partition coefficient (Wildman–Crippen LogP) is 0.655. The van der Waals surface area contributed by atoms with Crippen molar-refractivity contribution in [3.8, 4) is 0 Å². The van der Waals surface area contributed by atoms with Gasteiger partial charge >= 0.3 is 0 Å². The van der Waals surface area contributed by atoms with Gasteiger partial charge in [0.1, 0.15) is 5.01 Å². The molecule has 1 unspecified atom stereocenters. The Morgan fingerprint density at radius 3 is 2.90 bits per heavy atom. The number of aliphatic hydroxyl groups excluding tert-OH is 1. The van der Waals surface area contributed by atoms with E-state index in [0.717, 1.165) is 9.88 Å². The average molecular weight is 158 g/mol. The van der Waals surface area contributed by atoms with Gasteiger partial charge in [0.25, 0.3) is 0 Å². The fourth-order valence-corrected chi connectivity index (χ4v) is 1.34. The van der Waals surface area contributed by atoms with Crippen LogP contribution in [0.1, 0.15) is 22.9 Å². The summed E-state index contributed by atoms with van der Waals surface area (Å²) in [6.45, 7) is 1.91. The van der Waals surface area contributed by atoms with Gasteiger partial charge in [-0.2, -0.15) is 0 Å². The van der Waals surface area contributed by atoms with Crippen LogP contribution in [0.2, 0.25) is 0 Å². The molecule has 0 aliphatic carbocycles. The maximum atomic E-state index is 8.64. The number of hydrogen-bond acceptors (Lipinski definition) is 4. The third kappa shape index (κ3) is 1.53. The molecule has 10 heavy (non-hydrogen) atoms. The second kappa shape index (κ2) is 3.09. The lowest BCUT2D eigenvalue weighted by molar-refractivity contribution is 0.281. The molecule has 1 rings (SSSR count). The Morgan fingerprint density at radius 1 is 1.90 bits per heavy atom. The van der Waals surface area contributed by atoms with Crippen molar-refractivity contribution < 1.29 is 5.11 Å². The van der Waals surface area contributed by atoms with Crippen molar-refractivity contribution in [2.45, 2.75) is 19.6 Å². The first-order valence-corrected chi connectivity index (χ1v) is 3.86. The highest BCUT2D eigenvalue weighted by Crippen LogP contribution is 2.17. The van der Waals surface area contributed by atoms with Gasteiger partial charge < -0.3 is 10.8 Å². The number of rotatable bonds is 2. The van der Waals surface area contributed by atoms with Gasteiger partial charge in [-0.05, 0) is 6.92 Å². The maximum absolute atomic E-state index is 8.64. The lowest BCUT2D eigenvalue weighted by Crippen LogP contribution is -2.01. The highest BCUT2D eigenvalue weighted by molar-refractivity contribution is 7.11. The molecule has 3 nitrogen and oxygen atoms in total. The molecular formula is C6H10N2OS. The molecule has 0 amide bonds. The fourth-order valence-electron chi connectivity index (χ4n) is 0.608. The van der Waals surface area contributed by atoms with Crippen LogP contribution in [-0.2, 0) is 6.61 Å². The second-order valence-corrected chi connectivity index (χ2v) is 3.25. The summed E-state index contributed by atoms with van der Waals surface area (Å²) >= 11 is 1.45. The fraction of sp³-hybridized carbons (Fsp3) is 0.500. The van der Waals surface area contributed by atoms with Crippen LogP contribution in [0.5, 0.6) is 0 Å². The minimum Gasteiger partial charge on any atom is -0.389 e. The largest absolute Gasteiger partial charge is 0.389 e.